The summed E-state index contributed by atoms with van der Waals surface area (Å²) in [5, 5.41) is 0. The highest BCUT2D eigenvalue weighted by atomic mass is 35.5. The zero-order chi connectivity index (χ0) is 15.6. The maximum atomic E-state index is 12.9. The molecular formula is C15H22ClNO3S. The molecule has 0 bridgehead atoms. The van der Waals surface area contributed by atoms with Gasteiger partial charge in [-0.3, -0.25) is 0 Å². The molecular weight excluding hydrogens is 310 g/mol. The molecule has 1 heterocycles. The molecule has 1 saturated heterocycles. The summed E-state index contributed by atoms with van der Waals surface area (Å²) in [4.78, 5) is 0.222. The van der Waals surface area contributed by atoms with E-state index in [4.69, 9.17) is 16.3 Å². The third-order valence-electron chi connectivity index (χ3n) is 4.03. The molecule has 2 unspecified atom stereocenters. The fourth-order valence-corrected chi connectivity index (χ4v) is 4.80. The van der Waals surface area contributed by atoms with Crippen LogP contribution >= 0.6 is 11.6 Å². The summed E-state index contributed by atoms with van der Waals surface area (Å²) >= 11 is 5.80. The summed E-state index contributed by atoms with van der Waals surface area (Å²) in [5.74, 6) is 1.07. The van der Waals surface area contributed by atoms with E-state index >= 15 is 0 Å². The molecule has 0 spiro atoms. The molecule has 0 aliphatic carbocycles. The zero-order valence-corrected chi connectivity index (χ0v) is 14.2. The monoisotopic (exact) mass is 331 g/mol. The minimum Gasteiger partial charge on any atom is -0.495 e. The maximum absolute atomic E-state index is 12.9. The Morgan fingerprint density at radius 1 is 1.33 bits per heavy atom. The van der Waals surface area contributed by atoms with Crippen LogP contribution in [-0.2, 0) is 15.9 Å². The first-order chi connectivity index (χ1) is 9.90. The predicted octanol–water partition coefficient (Wildman–Crippen LogP) is 3.24. The van der Waals surface area contributed by atoms with Gasteiger partial charge in [0.2, 0.25) is 10.0 Å². The zero-order valence-electron chi connectivity index (χ0n) is 12.7. The Hall–Kier alpha value is -0.780. The highest BCUT2D eigenvalue weighted by Crippen LogP contribution is 2.33. The van der Waals surface area contributed by atoms with Crippen LogP contribution in [-0.4, -0.2) is 32.4 Å². The average Bonchev–Trinajstić information content (AvgIpc) is 2.48. The lowest BCUT2D eigenvalue weighted by molar-refractivity contribution is 0.217. The molecule has 0 radical (unpaired) electrons. The number of hydrogen-bond donors (Lipinski definition) is 0. The smallest absolute Gasteiger partial charge is 0.247 e. The molecule has 1 aromatic carbocycles. The largest absolute Gasteiger partial charge is 0.495 e. The second kappa shape index (κ2) is 6.55. The number of sulfonamides is 1. The topological polar surface area (TPSA) is 46.6 Å². The number of rotatable bonds is 4. The first-order valence-corrected chi connectivity index (χ1v) is 9.12. The van der Waals surface area contributed by atoms with E-state index in [1.807, 2.05) is 6.92 Å². The van der Waals surface area contributed by atoms with Crippen LogP contribution in [0.1, 0.15) is 32.3 Å². The normalized spacial score (nSPS) is 24.0. The van der Waals surface area contributed by atoms with Crippen molar-refractivity contribution in [2.24, 2.45) is 5.92 Å². The van der Waals surface area contributed by atoms with Gasteiger partial charge in [-0.1, -0.05) is 13.0 Å². The van der Waals surface area contributed by atoms with Crippen molar-refractivity contribution in [2.45, 2.75) is 43.5 Å². The molecule has 0 N–H and O–H groups in total. The number of hydrogen-bond acceptors (Lipinski definition) is 3. The third-order valence-corrected chi connectivity index (χ3v) is 6.36. The lowest BCUT2D eigenvalue weighted by Crippen LogP contribution is -2.44. The highest BCUT2D eigenvalue weighted by molar-refractivity contribution is 7.89. The molecule has 0 aromatic heterocycles. The number of piperidine rings is 1. The van der Waals surface area contributed by atoms with Crippen molar-refractivity contribution in [2.75, 3.05) is 13.7 Å². The highest BCUT2D eigenvalue weighted by Gasteiger charge is 2.35. The van der Waals surface area contributed by atoms with Crippen LogP contribution < -0.4 is 4.74 Å². The Labute approximate surface area is 132 Å². The minimum absolute atomic E-state index is 0.0172. The van der Waals surface area contributed by atoms with E-state index in [0.29, 0.717) is 24.1 Å². The van der Waals surface area contributed by atoms with Crippen LogP contribution in [0.4, 0.5) is 0 Å². The molecule has 2 atom stereocenters. The number of methoxy groups -OCH3 is 1. The van der Waals surface area contributed by atoms with Crippen LogP contribution in [0.15, 0.2) is 23.1 Å². The van der Waals surface area contributed by atoms with Gasteiger partial charge in [0, 0.05) is 18.5 Å². The van der Waals surface area contributed by atoms with E-state index in [1.54, 1.807) is 22.5 Å². The summed E-state index contributed by atoms with van der Waals surface area (Å²) in [6.45, 7) is 4.61. The molecule has 0 saturated carbocycles. The Morgan fingerprint density at radius 2 is 2.05 bits per heavy atom. The molecule has 1 aromatic rings. The van der Waals surface area contributed by atoms with Crippen molar-refractivity contribution in [3.8, 4) is 5.75 Å². The molecule has 4 nitrogen and oxygen atoms in total. The van der Waals surface area contributed by atoms with Gasteiger partial charge in [0.25, 0.3) is 0 Å². The summed E-state index contributed by atoms with van der Waals surface area (Å²) in [7, 11) is -2.07. The van der Waals surface area contributed by atoms with E-state index in [2.05, 4.69) is 6.92 Å². The van der Waals surface area contributed by atoms with Gasteiger partial charge in [-0.05, 0) is 43.4 Å². The maximum Gasteiger partial charge on any atom is 0.247 e. The van der Waals surface area contributed by atoms with Gasteiger partial charge >= 0.3 is 0 Å². The fraction of sp³-hybridized carbons (Fsp3) is 0.600. The van der Waals surface area contributed by atoms with Crippen molar-refractivity contribution in [1.82, 2.24) is 4.31 Å². The van der Waals surface area contributed by atoms with Gasteiger partial charge in [-0.25, -0.2) is 8.42 Å². The molecule has 6 heteroatoms. The number of benzene rings is 1. The SMILES string of the molecule is COc1cc(CCl)ccc1S(=O)(=O)N1CC(C)CCC1C. The van der Waals surface area contributed by atoms with E-state index in [0.717, 1.165) is 18.4 Å². The van der Waals surface area contributed by atoms with Gasteiger partial charge in [0.15, 0.2) is 0 Å². The Bertz CT molecular complexity index is 603. The first-order valence-electron chi connectivity index (χ1n) is 7.15. The van der Waals surface area contributed by atoms with E-state index < -0.39 is 10.0 Å². The van der Waals surface area contributed by atoms with Gasteiger partial charge in [0.05, 0.1) is 7.11 Å². The van der Waals surface area contributed by atoms with Gasteiger partial charge in [-0.15, -0.1) is 11.6 Å². The second-order valence-corrected chi connectivity index (χ2v) is 7.85. The molecule has 1 aliphatic heterocycles. The van der Waals surface area contributed by atoms with Crippen LogP contribution in [0.25, 0.3) is 0 Å². The Kier molecular flexibility index (Phi) is 5.17. The number of halogens is 1. The van der Waals surface area contributed by atoms with Crippen LogP contribution in [0, 0.1) is 5.92 Å². The summed E-state index contributed by atoms with van der Waals surface area (Å²) in [6, 6.07) is 5.04. The Morgan fingerprint density at radius 3 is 2.67 bits per heavy atom. The van der Waals surface area contributed by atoms with Gasteiger partial charge < -0.3 is 4.74 Å². The number of nitrogens with zero attached hydrogens (tertiary/aromatic N) is 1. The third kappa shape index (κ3) is 3.35. The van der Waals surface area contributed by atoms with Gasteiger partial charge in [0.1, 0.15) is 10.6 Å². The van der Waals surface area contributed by atoms with Crippen molar-refractivity contribution in [1.29, 1.82) is 0 Å². The van der Waals surface area contributed by atoms with E-state index in [9.17, 15) is 8.42 Å². The standard InChI is InChI=1S/C15H22ClNO3S/c1-11-4-5-12(2)17(10-11)21(18,19)15-7-6-13(9-16)8-14(15)20-3/h6-8,11-12H,4-5,9-10H2,1-3H3. The van der Waals surface area contributed by atoms with Crippen molar-refractivity contribution < 1.29 is 13.2 Å². The van der Waals surface area contributed by atoms with Crippen LogP contribution in [0.3, 0.4) is 0 Å². The average molecular weight is 332 g/mol. The molecule has 0 amide bonds. The lowest BCUT2D eigenvalue weighted by atomic mass is 9.97. The molecule has 1 fully saturated rings. The van der Waals surface area contributed by atoms with Crippen molar-refractivity contribution in [3.63, 3.8) is 0 Å². The lowest BCUT2D eigenvalue weighted by Gasteiger charge is -2.35. The van der Waals surface area contributed by atoms with Gasteiger partial charge in [-0.2, -0.15) is 4.31 Å². The van der Waals surface area contributed by atoms with Crippen LogP contribution in [0.5, 0.6) is 5.75 Å². The summed E-state index contributed by atoms with van der Waals surface area (Å²) < 4.78 is 32.7. The van der Waals surface area contributed by atoms with E-state index in [-0.39, 0.29) is 10.9 Å². The summed E-state index contributed by atoms with van der Waals surface area (Å²) in [6.07, 6.45) is 1.96. The number of alkyl halides is 1. The molecule has 2 rings (SSSR count). The fourth-order valence-electron chi connectivity index (χ4n) is 2.72. The Balaban J connectivity index is 2.43. The minimum atomic E-state index is -3.55. The van der Waals surface area contributed by atoms with Crippen molar-refractivity contribution >= 4 is 21.6 Å². The van der Waals surface area contributed by atoms with Crippen LogP contribution in [0.2, 0.25) is 0 Å². The molecule has 118 valence electrons. The van der Waals surface area contributed by atoms with Crippen molar-refractivity contribution in [3.05, 3.63) is 23.8 Å². The van der Waals surface area contributed by atoms with E-state index in [1.165, 1.54) is 7.11 Å². The first kappa shape index (κ1) is 16.6. The molecule has 21 heavy (non-hydrogen) atoms. The molecule has 1 aliphatic rings. The predicted molar refractivity (Wildman–Crippen MR) is 84.3 cm³/mol. The number of ether oxygens (including phenoxy) is 1. The second-order valence-electron chi connectivity index (χ2n) is 5.73. The quantitative estimate of drug-likeness (QED) is 0.796. The summed E-state index contributed by atoms with van der Waals surface area (Å²) in [5.41, 5.74) is 0.840.